The van der Waals surface area contributed by atoms with Crippen LogP contribution in [0.25, 0.3) is 31.6 Å². The molecule has 0 saturated heterocycles. The molecule has 0 aliphatic heterocycles. The van der Waals surface area contributed by atoms with Crippen molar-refractivity contribution in [3.8, 4) is 6.07 Å². The van der Waals surface area contributed by atoms with Crippen LogP contribution < -0.4 is 0 Å². The Balaban J connectivity index is 0.000000147. The lowest BCUT2D eigenvalue weighted by Crippen LogP contribution is -1.78. The van der Waals surface area contributed by atoms with Gasteiger partial charge in [-0.05, 0) is 68.7 Å². The maximum absolute atomic E-state index is 8.86. The topological polar surface area (TPSA) is 23.8 Å². The molecule has 0 unspecified atom stereocenters. The maximum atomic E-state index is 8.86. The molecule has 118 valence electrons. The summed E-state index contributed by atoms with van der Waals surface area (Å²) < 4.78 is 1.37. The van der Waals surface area contributed by atoms with E-state index in [1.807, 2.05) is 30.3 Å². The summed E-state index contributed by atoms with van der Waals surface area (Å²) in [6, 6.07) is 31.1. The van der Waals surface area contributed by atoms with E-state index in [2.05, 4.69) is 66.0 Å². The van der Waals surface area contributed by atoms with Gasteiger partial charge in [0.25, 0.3) is 0 Å². The molecule has 1 nitrogen and oxygen atoms in total. The third kappa shape index (κ3) is 3.24. The molecular formula is C23H15NS. The van der Waals surface area contributed by atoms with Gasteiger partial charge in [-0.1, -0.05) is 48.5 Å². The summed E-state index contributed by atoms with van der Waals surface area (Å²) >= 11 is 1.79. The van der Waals surface area contributed by atoms with Gasteiger partial charge in [-0.15, -0.1) is 11.3 Å². The monoisotopic (exact) mass is 337 g/mol. The van der Waals surface area contributed by atoms with Gasteiger partial charge in [-0.3, -0.25) is 0 Å². The second-order valence-corrected chi connectivity index (χ2v) is 6.78. The highest BCUT2D eigenvalue weighted by Crippen LogP contribution is 2.23. The molecule has 0 fully saturated rings. The maximum Gasteiger partial charge on any atom is 0.0991 e. The first kappa shape index (κ1) is 15.4. The van der Waals surface area contributed by atoms with Gasteiger partial charge >= 0.3 is 0 Å². The van der Waals surface area contributed by atoms with Crippen molar-refractivity contribution >= 4 is 43.0 Å². The highest BCUT2D eigenvalue weighted by molar-refractivity contribution is 7.17. The fourth-order valence-electron chi connectivity index (χ4n) is 2.92. The van der Waals surface area contributed by atoms with Crippen LogP contribution in [0.5, 0.6) is 0 Å². The van der Waals surface area contributed by atoms with Gasteiger partial charge in [0, 0.05) is 4.70 Å². The summed E-state index contributed by atoms with van der Waals surface area (Å²) in [6.45, 7) is 0. The zero-order chi connectivity index (χ0) is 17.1. The Labute approximate surface area is 150 Å². The Kier molecular flexibility index (Phi) is 4.16. The molecule has 0 amide bonds. The molecular weight excluding hydrogens is 322 g/mol. The van der Waals surface area contributed by atoms with Gasteiger partial charge < -0.3 is 0 Å². The van der Waals surface area contributed by atoms with Crippen LogP contribution in [0.2, 0.25) is 0 Å². The summed E-state index contributed by atoms with van der Waals surface area (Å²) in [4.78, 5) is 0. The summed E-state index contributed by atoms with van der Waals surface area (Å²) in [6.07, 6.45) is 0. The number of hydrogen-bond acceptors (Lipinski definition) is 2. The van der Waals surface area contributed by atoms with E-state index < -0.39 is 0 Å². The van der Waals surface area contributed by atoms with Crippen LogP contribution >= 0.6 is 11.3 Å². The molecule has 0 N–H and O–H groups in total. The zero-order valence-electron chi connectivity index (χ0n) is 13.5. The molecule has 0 aliphatic carbocycles. The van der Waals surface area contributed by atoms with Gasteiger partial charge in [0.2, 0.25) is 0 Å². The minimum absolute atomic E-state index is 0.711. The van der Waals surface area contributed by atoms with Crippen molar-refractivity contribution in [1.29, 1.82) is 5.26 Å². The highest BCUT2D eigenvalue weighted by atomic mass is 32.1. The number of fused-ring (bicyclic) bond motifs is 3. The fourth-order valence-corrected chi connectivity index (χ4v) is 3.71. The van der Waals surface area contributed by atoms with Crippen LogP contribution in [0.15, 0.2) is 90.3 Å². The fraction of sp³-hybridized carbons (Fsp3) is 0. The van der Waals surface area contributed by atoms with Crippen LogP contribution in [0.3, 0.4) is 0 Å². The van der Waals surface area contributed by atoms with Crippen LogP contribution in [0.1, 0.15) is 5.56 Å². The average Bonchev–Trinajstić information content (AvgIpc) is 3.15. The number of hydrogen-bond donors (Lipinski definition) is 0. The number of benzene rings is 4. The van der Waals surface area contributed by atoms with Crippen molar-refractivity contribution in [2.24, 2.45) is 0 Å². The quantitative estimate of drug-likeness (QED) is 0.286. The molecule has 4 aromatic carbocycles. The molecule has 1 aromatic heterocycles. The standard InChI is InChI=1S/C15H9N.C8H6S/c16-10-11-5-6-14-8-12-3-1-2-4-13(12)9-15(14)7-11;1-2-4-8-7(3-1)5-6-9-8/h1-9H;1-6H. The first-order valence-electron chi connectivity index (χ1n) is 8.08. The van der Waals surface area contributed by atoms with Crippen molar-refractivity contribution in [2.75, 3.05) is 0 Å². The van der Waals surface area contributed by atoms with Gasteiger partial charge in [0.15, 0.2) is 0 Å². The number of thiophene rings is 1. The zero-order valence-corrected chi connectivity index (χ0v) is 14.3. The molecule has 5 aromatic rings. The van der Waals surface area contributed by atoms with Crippen LogP contribution in [0.4, 0.5) is 0 Å². The predicted molar refractivity (Wildman–Crippen MR) is 108 cm³/mol. The summed E-state index contributed by atoms with van der Waals surface area (Å²) in [7, 11) is 0. The van der Waals surface area contributed by atoms with E-state index in [1.165, 1.54) is 26.2 Å². The van der Waals surface area contributed by atoms with Gasteiger partial charge in [0.1, 0.15) is 0 Å². The number of nitriles is 1. The molecule has 5 rings (SSSR count). The van der Waals surface area contributed by atoms with E-state index in [-0.39, 0.29) is 0 Å². The van der Waals surface area contributed by atoms with Crippen molar-refractivity contribution < 1.29 is 0 Å². The predicted octanol–water partition coefficient (Wildman–Crippen LogP) is 6.77. The van der Waals surface area contributed by atoms with E-state index in [0.717, 1.165) is 5.39 Å². The largest absolute Gasteiger partial charge is 0.192 e. The summed E-state index contributed by atoms with van der Waals surface area (Å²) in [5.74, 6) is 0. The lowest BCUT2D eigenvalue weighted by Gasteiger charge is -2.02. The molecule has 0 aliphatic rings. The Morgan fingerprint density at radius 2 is 1.24 bits per heavy atom. The molecule has 0 atom stereocenters. The van der Waals surface area contributed by atoms with Crippen LogP contribution in [0, 0.1) is 11.3 Å². The minimum atomic E-state index is 0.711. The second kappa shape index (κ2) is 6.76. The van der Waals surface area contributed by atoms with E-state index >= 15 is 0 Å². The Hall–Kier alpha value is -3.15. The summed E-state index contributed by atoms with van der Waals surface area (Å²) in [5.41, 5.74) is 0.711. The first-order valence-corrected chi connectivity index (χ1v) is 8.96. The SMILES string of the molecule is N#Cc1ccc2cc3ccccc3cc2c1.c1ccc2sccc2c1. The summed E-state index contributed by atoms with van der Waals surface area (Å²) in [5, 5.41) is 17.1. The third-order valence-corrected chi connectivity index (χ3v) is 5.09. The highest BCUT2D eigenvalue weighted by Gasteiger charge is 1.98. The lowest BCUT2D eigenvalue weighted by molar-refractivity contribution is 1.50. The van der Waals surface area contributed by atoms with Crippen molar-refractivity contribution in [3.63, 3.8) is 0 Å². The van der Waals surface area contributed by atoms with Crippen molar-refractivity contribution in [2.45, 2.75) is 0 Å². The van der Waals surface area contributed by atoms with E-state index in [4.69, 9.17) is 5.26 Å². The van der Waals surface area contributed by atoms with E-state index in [1.54, 1.807) is 11.3 Å². The van der Waals surface area contributed by atoms with Crippen LogP contribution in [-0.2, 0) is 0 Å². The molecule has 1 heterocycles. The van der Waals surface area contributed by atoms with Gasteiger partial charge in [0.05, 0.1) is 11.6 Å². The number of rotatable bonds is 0. The third-order valence-electron chi connectivity index (χ3n) is 4.20. The smallest absolute Gasteiger partial charge is 0.0991 e. The first-order chi connectivity index (χ1) is 12.3. The van der Waals surface area contributed by atoms with Crippen molar-refractivity contribution in [3.05, 3.63) is 95.9 Å². The Morgan fingerprint density at radius 3 is 1.96 bits per heavy atom. The molecule has 0 bridgehead atoms. The second-order valence-electron chi connectivity index (χ2n) is 5.83. The van der Waals surface area contributed by atoms with Gasteiger partial charge in [-0.2, -0.15) is 5.26 Å². The number of nitrogens with zero attached hydrogens (tertiary/aromatic N) is 1. The van der Waals surface area contributed by atoms with Crippen molar-refractivity contribution in [1.82, 2.24) is 0 Å². The molecule has 25 heavy (non-hydrogen) atoms. The van der Waals surface area contributed by atoms with E-state index in [0.29, 0.717) is 5.56 Å². The minimum Gasteiger partial charge on any atom is -0.192 e. The van der Waals surface area contributed by atoms with Gasteiger partial charge in [-0.25, -0.2) is 0 Å². The molecule has 0 spiro atoms. The molecule has 0 radical (unpaired) electrons. The van der Waals surface area contributed by atoms with Crippen LogP contribution in [-0.4, -0.2) is 0 Å². The Bertz CT molecular complexity index is 1180. The molecule has 0 saturated carbocycles. The lowest BCUT2D eigenvalue weighted by atomic mass is 10.0. The normalized spacial score (nSPS) is 10.4. The Morgan fingerprint density at radius 1 is 0.600 bits per heavy atom. The van der Waals surface area contributed by atoms with E-state index in [9.17, 15) is 0 Å². The average molecular weight is 337 g/mol. The molecule has 2 heteroatoms.